The van der Waals surface area contributed by atoms with Crippen molar-refractivity contribution in [2.24, 2.45) is 0 Å². The molecular weight excluding hydrogens is 254 g/mol. The Morgan fingerprint density at radius 3 is 2.85 bits per heavy atom. The predicted octanol–water partition coefficient (Wildman–Crippen LogP) is 2.38. The van der Waals surface area contributed by atoms with Crippen molar-refractivity contribution in [3.05, 3.63) is 29.8 Å². The molecule has 2 rings (SSSR count). The van der Waals surface area contributed by atoms with Crippen molar-refractivity contribution in [2.75, 3.05) is 26.8 Å². The van der Waals surface area contributed by atoms with Gasteiger partial charge in [0.15, 0.2) is 5.78 Å². The standard InChI is InChI=1S/C16H23NO3/c1-12(18)14-6-4-5-7-16(14)20-11-9-17(3)15-8-10-19-13(15)2/h4-7,13,15H,8-11H2,1-3H3. The summed E-state index contributed by atoms with van der Waals surface area (Å²) in [6.07, 6.45) is 1.35. The summed E-state index contributed by atoms with van der Waals surface area (Å²) in [6.45, 7) is 5.91. The topological polar surface area (TPSA) is 38.8 Å². The lowest BCUT2D eigenvalue weighted by molar-refractivity contribution is 0.0786. The van der Waals surface area contributed by atoms with Crippen molar-refractivity contribution in [1.82, 2.24) is 4.90 Å². The van der Waals surface area contributed by atoms with Gasteiger partial charge in [0.2, 0.25) is 0 Å². The molecule has 1 fully saturated rings. The lowest BCUT2D eigenvalue weighted by Crippen LogP contribution is -2.39. The van der Waals surface area contributed by atoms with E-state index in [0.29, 0.717) is 24.0 Å². The first-order valence-corrected chi connectivity index (χ1v) is 7.14. The number of hydrogen-bond donors (Lipinski definition) is 0. The van der Waals surface area contributed by atoms with Crippen molar-refractivity contribution >= 4 is 5.78 Å². The van der Waals surface area contributed by atoms with Gasteiger partial charge in [0, 0.05) is 19.2 Å². The van der Waals surface area contributed by atoms with Gasteiger partial charge in [-0.3, -0.25) is 9.69 Å². The minimum absolute atomic E-state index is 0.0340. The third kappa shape index (κ3) is 3.58. The van der Waals surface area contributed by atoms with Crippen LogP contribution < -0.4 is 4.74 Å². The van der Waals surface area contributed by atoms with E-state index in [1.807, 2.05) is 18.2 Å². The molecule has 1 aliphatic heterocycles. The van der Waals surface area contributed by atoms with Gasteiger partial charge in [-0.05, 0) is 39.4 Å². The van der Waals surface area contributed by atoms with Crippen molar-refractivity contribution in [1.29, 1.82) is 0 Å². The third-order valence-corrected chi connectivity index (χ3v) is 3.87. The number of likely N-dealkylation sites (N-methyl/N-ethyl adjacent to an activating group) is 1. The molecule has 0 aromatic heterocycles. The highest BCUT2D eigenvalue weighted by Gasteiger charge is 2.27. The average Bonchev–Trinajstić information content (AvgIpc) is 2.85. The summed E-state index contributed by atoms with van der Waals surface area (Å²) in [5.74, 6) is 0.705. The fourth-order valence-electron chi connectivity index (χ4n) is 2.65. The molecule has 110 valence electrons. The number of nitrogens with zero attached hydrogens (tertiary/aromatic N) is 1. The van der Waals surface area contributed by atoms with E-state index in [4.69, 9.17) is 9.47 Å². The maximum absolute atomic E-state index is 11.5. The smallest absolute Gasteiger partial charge is 0.163 e. The van der Waals surface area contributed by atoms with Crippen molar-refractivity contribution in [2.45, 2.75) is 32.4 Å². The zero-order chi connectivity index (χ0) is 14.5. The van der Waals surface area contributed by atoms with Crippen LogP contribution in [-0.4, -0.2) is 49.6 Å². The highest BCUT2D eigenvalue weighted by Crippen LogP contribution is 2.20. The van der Waals surface area contributed by atoms with E-state index in [9.17, 15) is 4.79 Å². The Labute approximate surface area is 120 Å². The molecule has 1 aromatic carbocycles. The Morgan fingerprint density at radius 2 is 2.20 bits per heavy atom. The van der Waals surface area contributed by atoms with E-state index in [1.165, 1.54) is 0 Å². The molecule has 20 heavy (non-hydrogen) atoms. The van der Waals surface area contributed by atoms with Gasteiger partial charge < -0.3 is 9.47 Å². The Kier molecular flexibility index (Phi) is 5.15. The van der Waals surface area contributed by atoms with Crippen molar-refractivity contribution in [3.8, 4) is 5.75 Å². The number of para-hydroxylation sites is 1. The van der Waals surface area contributed by atoms with Crippen molar-refractivity contribution in [3.63, 3.8) is 0 Å². The second-order valence-corrected chi connectivity index (χ2v) is 5.31. The van der Waals surface area contributed by atoms with Crippen LogP contribution in [0.15, 0.2) is 24.3 Å². The van der Waals surface area contributed by atoms with Gasteiger partial charge >= 0.3 is 0 Å². The molecule has 4 heteroatoms. The molecule has 2 atom stereocenters. The number of benzene rings is 1. The van der Waals surface area contributed by atoms with Crippen LogP contribution in [0.4, 0.5) is 0 Å². The maximum Gasteiger partial charge on any atom is 0.163 e. The number of ketones is 1. The summed E-state index contributed by atoms with van der Waals surface area (Å²) < 4.78 is 11.3. The highest BCUT2D eigenvalue weighted by atomic mass is 16.5. The lowest BCUT2D eigenvalue weighted by Gasteiger charge is -2.26. The van der Waals surface area contributed by atoms with Gasteiger partial charge in [0.25, 0.3) is 0 Å². The fourth-order valence-corrected chi connectivity index (χ4v) is 2.65. The molecular formula is C16H23NO3. The molecule has 0 aliphatic carbocycles. The number of rotatable bonds is 6. The summed E-state index contributed by atoms with van der Waals surface area (Å²) in [5, 5.41) is 0. The lowest BCUT2D eigenvalue weighted by atomic mass is 10.1. The van der Waals surface area contributed by atoms with E-state index in [-0.39, 0.29) is 11.9 Å². The molecule has 0 saturated carbocycles. The first-order chi connectivity index (χ1) is 9.59. The highest BCUT2D eigenvalue weighted by molar-refractivity contribution is 5.96. The zero-order valence-corrected chi connectivity index (χ0v) is 12.5. The Morgan fingerprint density at radius 1 is 1.45 bits per heavy atom. The first kappa shape index (κ1) is 15.0. The number of ether oxygens (including phenoxy) is 2. The molecule has 0 radical (unpaired) electrons. The van der Waals surface area contributed by atoms with Crippen LogP contribution in [0.5, 0.6) is 5.75 Å². The molecule has 0 bridgehead atoms. The molecule has 4 nitrogen and oxygen atoms in total. The van der Waals surface area contributed by atoms with Gasteiger partial charge in [-0.1, -0.05) is 12.1 Å². The molecule has 1 saturated heterocycles. The van der Waals surface area contributed by atoms with E-state index < -0.39 is 0 Å². The summed E-state index contributed by atoms with van der Waals surface area (Å²) in [4.78, 5) is 13.8. The second-order valence-electron chi connectivity index (χ2n) is 5.31. The SMILES string of the molecule is CC(=O)c1ccccc1OCCN(C)C1CCOC1C. The predicted molar refractivity (Wildman–Crippen MR) is 78.4 cm³/mol. The van der Waals surface area contributed by atoms with E-state index in [2.05, 4.69) is 18.9 Å². The Balaban J connectivity index is 1.85. The number of Topliss-reactive ketones (excluding diaryl/α,β-unsaturated/α-hetero) is 1. The van der Waals surface area contributed by atoms with Gasteiger partial charge in [-0.15, -0.1) is 0 Å². The summed E-state index contributed by atoms with van der Waals surface area (Å²) in [5.41, 5.74) is 0.646. The van der Waals surface area contributed by atoms with Crippen LogP contribution in [0.25, 0.3) is 0 Å². The van der Waals surface area contributed by atoms with Crippen LogP contribution >= 0.6 is 0 Å². The van der Waals surface area contributed by atoms with Gasteiger partial charge in [0.05, 0.1) is 11.7 Å². The normalized spacial score (nSPS) is 22.2. The molecule has 1 aromatic rings. The van der Waals surface area contributed by atoms with Crippen molar-refractivity contribution < 1.29 is 14.3 Å². The number of hydrogen-bond acceptors (Lipinski definition) is 4. The Bertz CT molecular complexity index is 461. The summed E-state index contributed by atoms with van der Waals surface area (Å²) in [7, 11) is 2.09. The first-order valence-electron chi connectivity index (χ1n) is 7.14. The third-order valence-electron chi connectivity index (χ3n) is 3.87. The second kappa shape index (κ2) is 6.86. The van der Waals surface area contributed by atoms with Gasteiger partial charge in [-0.25, -0.2) is 0 Å². The van der Waals surface area contributed by atoms with Crippen LogP contribution in [0.1, 0.15) is 30.6 Å². The zero-order valence-electron chi connectivity index (χ0n) is 12.5. The fraction of sp³-hybridized carbons (Fsp3) is 0.562. The van der Waals surface area contributed by atoms with Gasteiger partial charge in [0.1, 0.15) is 12.4 Å². The van der Waals surface area contributed by atoms with Crippen LogP contribution in [0.2, 0.25) is 0 Å². The molecule has 1 heterocycles. The van der Waals surface area contributed by atoms with E-state index in [0.717, 1.165) is 19.6 Å². The monoisotopic (exact) mass is 277 g/mol. The van der Waals surface area contributed by atoms with Crippen LogP contribution in [0.3, 0.4) is 0 Å². The average molecular weight is 277 g/mol. The largest absolute Gasteiger partial charge is 0.491 e. The van der Waals surface area contributed by atoms with E-state index >= 15 is 0 Å². The molecule has 0 amide bonds. The minimum Gasteiger partial charge on any atom is -0.491 e. The van der Waals surface area contributed by atoms with Crippen LogP contribution in [-0.2, 0) is 4.74 Å². The number of carbonyl (C=O) groups is 1. The Hall–Kier alpha value is -1.39. The maximum atomic E-state index is 11.5. The van der Waals surface area contributed by atoms with Crippen LogP contribution in [0, 0.1) is 0 Å². The molecule has 0 spiro atoms. The molecule has 0 N–H and O–H groups in total. The quantitative estimate of drug-likeness (QED) is 0.748. The van der Waals surface area contributed by atoms with Gasteiger partial charge in [-0.2, -0.15) is 0 Å². The number of carbonyl (C=O) groups excluding carboxylic acids is 1. The molecule has 1 aliphatic rings. The molecule has 2 unspecified atom stereocenters. The summed E-state index contributed by atoms with van der Waals surface area (Å²) in [6, 6.07) is 7.85. The minimum atomic E-state index is 0.0340. The summed E-state index contributed by atoms with van der Waals surface area (Å²) >= 11 is 0. The van der Waals surface area contributed by atoms with E-state index in [1.54, 1.807) is 13.0 Å².